The zero-order chi connectivity index (χ0) is 13.9. The average molecular weight is 275 g/mol. The number of nitrogens with zero attached hydrogens (tertiary/aromatic N) is 1. The van der Waals surface area contributed by atoms with Crippen molar-refractivity contribution in [3.8, 4) is 6.07 Å². The molecule has 0 amide bonds. The summed E-state index contributed by atoms with van der Waals surface area (Å²) in [5.74, 6) is 0. The Morgan fingerprint density at radius 2 is 1.70 bits per heavy atom. The Balaban J connectivity index is 1.99. The molecule has 0 aliphatic heterocycles. The molecule has 3 aromatic carbocycles. The second kappa shape index (κ2) is 5.40. The molecule has 0 unspecified atom stereocenters. The number of nitriles is 1. The van der Waals surface area contributed by atoms with Gasteiger partial charge >= 0.3 is 0 Å². The lowest BCUT2D eigenvalue weighted by molar-refractivity contribution is 1.31. The number of rotatable bonds is 2. The predicted octanol–water partition coefficient (Wildman–Crippen LogP) is 5.17. The summed E-state index contributed by atoms with van der Waals surface area (Å²) in [7, 11) is 0. The van der Waals surface area contributed by atoms with Gasteiger partial charge in [-0.15, -0.1) is 0 Å². The van der Waals surface area contributed by atoms with Crippen LogP contribution >= 0.6 is 11.8 Å². The average Bonchev–Trinajstić information content (AvgIpc) is 2.49. The zero-order valence-electron chi connectivity index (χ0n) is 11.1. The highest BCUT2D eigenvalue weighted by molar-refractivity contribution is 7.99. The van der Waals surface area contributed by atoms with Crippen molar-refractivity contribution in [2.24, 2.45) is 0 Å². The molecule has 96 valence electrons. The Kier molecular flexibility index (Phi) is 3.45. The smallest absolute Gasteiger partial charge is 0.100 e. The Bertz CT molecular complexity index is 815. The molecule has 0 saturated carbocycles. The maximum absolute atomic E-state index is 9.23. The normalized spacial score (nSPS) is 10.4. The first kappa shape index (κ1) is 12.8. The molecule has 0 spiro atoms. The highest BCUT2D eigenvalue weighted by atomic mass is 32.2. The van der Waals surface area contributed by atoms with Gasteiger partial charge in [0.05, 0.1) is 5.56 Å². The standard InChI is InChI=1S/C18H13NS/c1-13-6-9-18(16(10-13)12-19)20-17-8-7-14-4-2-3-5-15(14)11-17/h2-11H,1H3. The van der Waals surface area contributed by atoms with E-state index >= 15 is 0 Å². The van der Waals surface area contributed by atoms with Crippen molar-refractivity contribution >= 4 is 22.5 Å². The molecule has 0 fully saturated rings. The topological polar surface area (TPSA) is 23.8 Å². The van der Waals surface area contributed by atoms with E-state index < -0.39 is 0 Å². The Morgan fingerprint density at radius 3 is 2.50 bits per heavy atom. The van der Waals surface area contributed by atoms with Crippen molar-refractivity contribution in [3.63, 3.8) is 0 Å². The summed E-state index contributed by atoms with van der Waals surface area (Å²) < 4.78 is 0. The molecule has 0 saturated heterocycles. The second-order valence-corrected chi connectivity index (χ2v) is 5.84. The third-order valence-electron chi connectivity index (χ3n) is 3.20. The molecular formula is C18H13NS. The summed E-state index contributed by atoms with van der Waals surface area (Å²) in [6.45, 7) is 2.01. The third-order valence-corrected chi connectivity index (χ3v) is 4.27. The van der Waals surface area contributed by atoms with Crippen molar-refractivity contribution in [3.05, 3.63) is 71.8 Å². The van der Waals surface area contributed by atoms with Crippen LogP contribution in [0.25, 0.3) is 10.8 Å². The lowest BCUT2D eigenvalue weighted by Crippen LogP contribution is -1.83. The minimum atomic E-state index is 0.739. The van der Waals surface area contributed by atoms with Gasteiger partial charge in [-0.1, -0.05) is 48.2 Å². The van der Waals surface area contributed by atoms with E-state index in [2.05, 4.69) is 36.4 Å². The molecule has 0 heterocycles. The highest BCUT2D eigenvalue weighted by Crippen LogP contribution is 2.32. The van der Waals surface area contributed by atoms with Crippen molar-refractivity contribution in [1.29, 1.82) is 5.26 Å². The van der Waals surface area contributed by atoms with Crippen LogP contribution in [0.3, 0.4) is 0 Å². The number of aryl methyl sites for hydroxylation is 1. The molecule has 0 aliphatic carbocycles. The van der Waals surface area contributed by atoms with E-state index in [9.17, 15) is 5.26 Å². The van der Waals surface area contributed by atoms with Crippen molar-refractivity contribution in [2.75, 3.05) is 0 Å². The predicted molar refractivity (Wildman–Crippen MR) is 84.0 cm³/mol. The van der Waals surface area contributed by atoms with E-state index in [1.165, 1.54) is 10.8 Å². The van der Waals surface area contributed by atoms with Gasteiger partial charge in [-0.3, -0.25) is 0 Å². The van der Waals surface area contributed by atoms with E-state index in [-0.39, 0.29) is 0 Å². The quantitative estimate of drug-likeness (QED) is 0.644. The summed E-state index contributed by atoms with van der Waals surface area (Å²) in [4.78, 5) is 2.16. The molecule has 20 heavy (non-hydrogen) atoms. The summed E-state index contributed by atoms with van der Waals surface area (Å²) in [6.07, 6.45) is 0. The second-order valence-electron chi connectivity index (χ2n) is 4.72. The van der Waals surface area contributed by atoms with E-state index in [1.807, 2.05) is 37.3 Å². The Labute approximate surface area is 122 Å². The fourth-order valence-electron chi connectivity index (χ4n) is 2.18. The minimum Gasteiger partial charge on any atom is -0.192 e. The lowest BCUT2D eigenvalue weighted by Gasteiger charge is -2.06. The largest absolute Gasteiger partial charge is 0.192 e. The SMILES string of the molecule is Cc1ccc(Sc2ccc3ccccc3c2)c(C#N)c1. The third kappa shape index (κ3) is 2.54. The van der Waals surface area contributed by atoms with E-state index in [0.717, 1.165) is 20.9 Å². The molecule has 3 rings (SSSR count). The van der Waals surface area contributed by atoms with E-state index in [4.69, 9.17) is 0 Å². The van der Waals surface area contributed by atoms with Crippen molar-refractivity contribution in [2.45, 2.75) is 16.7 Å². The number of hydrogen-bond donors (Lipinski definition) is 0. The van der Waals surface area contributed by atoms with Crippen LogP contribution in [0.2, 0.25) is 0 Å². The maximum atomic E-state index is 9.23. The molecule has 1 nitrogen and oxygen atoms in total. The first-order chi connectivity index (χ1) is 9.76. The maximum Gasteiger partial charge on any atom is 0.100 e. The van der Waals surface area contributed by atoms with Gasteiger partial charge < -0.3 is 0 Å². The van der Waals surface area contributed by atoms with Gasteiger partial charge in [0.25, 0.3) is 0 Å². The summed E-state index contributed by atoms with van der Waals surface area (Å²) in [5, 5.41) is 11.7. The zero-order valence-corrected chi connectivity index (χ0v) is 11.9. The van der Waals surface area contributed by atoms with Crippen LogP contribution in [-0.2, 0) is 0 Å². The van der Waals surface area contributed by atoms with Crippen molar-refractivity contribution < 1.29 is 0 Å². The van der Waals surface area contributed by atoms with Gasteiger partial charge in [0.1, 0.15) is 6.07 Å². The number of fused-ring (bicyclic) bond motifs is 1. The van der Waals surface area contributed by atoms with E-state index in [1.54, 1.807) is 11.8 Å². The van der Waals surface area contributed by atoms with Gasteiger partial charge in [-0.05, 0) is 47.5 Å². The molecular weight excluding hydrogens is 262 g/mol. The molecule has 0 aromatic heterocycles. The van der Waals surface area contributed by atoms with Gasteiger partial charge in [0.15, 0.2) is 0 Å². The van der Waals surface area contributed by atoms with Crippen LogP contribution < -0.4 is 0 Å². The van der Waals surface area contributed by atoms with Crippen LogP contribution in [0.15, 0.2) is 70.5 Å². The van der Waals surface area contributed by atoms with Gasteiger partial charge in [0, 0.05) is 9.79 Å². The van der Waals surface area contributed by atoms with Crippen LogP contribution in [0.1, 0.15) is 11.1 Å². The molecule has 0 aliphatic rings. The van der Waals surface area contributed by atoms with E-state index in [0.29, 0.717) is 0 Å². The molecule has 0 atom stereocenters. The Hall–Kier alpha value is -2.24. The van der Waals surface area contributed by atoms with Crippen LogP contribution in [-0.4, -0.2) is 0 Å². The summed E-state index contributed by atoms with van der Waals surface area (Å²) >= 11 is 1.64. The minimum absolute atomic E-state index is 0.739. The fraction of sp³-hybridized carbons (Fsp3) is 0.0556. The summed E-state index contributed by atoms with van der Waals surface area (Å²) in [6, 6.07) is 23.0. The van der Waals surface area contributed by atoms with Crippen LogP contribution in [0.5, 0.6) is 0 Å². The number of benzene rings is 3. The lowest BCUT2D eigenvalue weighted by atomic mass is 10.1. The monoisotopic (exact) mass is 275 g/mol. The fourth-order valence-corrected chi connectivity index (χ4v) is 3.10. The molecule has 2 heteroatoms. The van der Waals surface area contributed by atoms with Crippen LogP contribution in [0, 0.1) is 18.3 Å². The van der Waals surface area contributed by atoms with Gasteiger partial charge in [-0.2, -0.15) is 5.26 Å². The Morgan fingerprint density at radius 1 is 0.900 bits per heavy atom. The molecule has 0 bridgehead atoms. The van der Waals surface area contributed by atoms with Crippen LogP contribution in [0.4, 0.5) is 0 Å². The molecule has 0 radical (unpaired) electrons. The van der Waals surface area contributed by atoms with Gasteiger partial charge in [-0.25, -0.2) is 0 Å². The van der Waals surface area contributed by atoms with Gasteiger partial charge in [0.2, 0.25) is 0 Å². The highest BCUT2D eigenvalue weighted by Gasteiger charge is 2.05. The number of hydrogen-bond acceptors (Lipinski definition) is 2. The first-order valence-corrected chi connectivity index (χ1v) is 7.25. The first-order valence-electron chi connectivity index (χ1n) is 6.44. The summed E-state index contributed by atoms with van der Waals surface area (Å²) in [5.41, 5.74) is 1.85. The molecule has 0 N–H and O–H groups in total. The van der Waals surface area contributed by atoms with Crippen molar-refractivity contribution in [1.82, 2.24) is 0 Å². The molecule has 3 aromatic rings.